The molecule has 3 aromatic rings. The normalized spacial score (nSPS) is 19.4. The third kappa shape index (κ3) is 5.49. The van der Waals surface area contributed by atoms with E-state index in [1.54, 1.807) is 13.1 Å². The van der Waals surface area contributed by atoms with Crippen LogP contribution in [0.2, 0.25) is 0 Å². The van der Waals surface area contributed by atoms with Crippen LogP contribution in [0.4, 0.5) is 24.5 Å². The highest BCUT2D eigenvalue weighted by Gasteiger charge is 2.28. The maximum atomic E-state index is 14.7. The van der Waals surface area contributed by atoms with Crippen LogP contribution in [0, 0.1) is 11.7 Å². The van der Waals surface area contributed by atoms with Crippen LogP contribution < -0.4 is 15.5 Å². The van der Waals surface area contributed by atoms with Crippen molar-refractivity contribution in [3.8, 4) is 0 Å². The fourth-order valence-electron chi connectivity index (χ4n) is 5.11. The fourth-order valence-corrected chi connectivity index (χ4v) is 5.11. The highest BCUT2D eigenvalue weighted by molar-refractivity contribution is 5.93. The molecule has 3 heterocycles. The van der Waals surface area contributed by atoms with Crippen molar-refractivity contribution in [1.82, 2.24) is 15.5 Å². The summed E-state index contributed by atoms with van der Waals surface area (Å²) in [5, 5.41) is 15.4. The molecule has 1 aromatic heterocycles. The van der Waals surface area contributed by atoms with Crippen molar-refractivity contribution >= 4 is 28.2 Å². The number of amides is 1. The van der Waals surface area contributed by atoms with Crippen molar-refractivity contribution < 1.29 is 22.7 Å². The number of benzene rings is 2. The van der Waals surface area contributed by atoms with Gasteiger partial charge in [0.1, 0.15) is 5.82 Å². The van der Waals surface area contributed by atoms with Crippen LogP contribution in [0.15, 0.2) is 42.6 Å². The second kappa shape index (κ2) is 10.9. The molecule has 0 radical (unpaired) electrons. The summed E-state index contributed by atoms with van der Waals surface area (Å²) in [6.07, 6.45) is 1.05. The van der Waals surface area contributed by atoms with Gasteiger partial charge in [0, 0.05) is 42.3 Å². The molecule has 1 unspecified atom stereocenters. The van der Waals surface area contributed by atoms with Gasteiger partial charge in [-0.15, -0.1) is 0 Å². The number of piperidine rings is 1. The van der Waals surface area contributed by atoms with E-state index < -0.39 is 23.8 Å². The zero-order valence-electron chi connectivity index (χ0n) is 20.6. The number of alkyl halides is 2. The minimum absolute atomic E-state index is 0.0138. The van der Waals surface area contributed by atoms with Crippen LogP contribution in [-0.2, 0) is 9.53 Å². The van der Waals surface area contributed by atoms with Crippen molar-refractivity contribution in [1.29, 1.82) is 0 Å². The Kier molecular flexibility index (Phi) is 7.45. The first-order chi connectivity index (χ1) is 17.9. The molecule has 196 valence electrons. The molecule has 2 fully saturated rings. The maximum absolute atomic E-state index is 14.7. The van der Waals surface area contributed by atoms with Crippen LogP contribution in [0.3, 0.4) is 0 Å². The number of halogens is 3. The van der Waals surface area contributed by atoms with Gasteiger partial charge in [0.25, 0.3) is 6.43 Å². The number of ether oxygens (including phenoxy) is 1. The van der Waals surface area contributed by atoms with E-state index in [0.717, 1.165) is 49.5 Å². The SMILES string of the molecule is C[C@@H](Nc1cnnc2ccc(N3CCC(C(=O)NC4CCOC4)CC3)cc12)c1cccc(C(F)F)c1F. The smallest absolute Gasteiger partial charge is 0.266 e. The molecule has 10 heteroatoms. The molecule has 7 nitrogen and oxygen atoms in total. The van der Waals surface area contributed by atoms with Crippen molar-refractivity contribution in [2.75, 3.05) is 36.5 Å². The summed E-state index contributed by atoms with van der Waals surface area (Å²) in [6, 6.07) is 9.44. The first-order valence-corrected chi connectivity index (χ1v) is 12.6. The fraction of sp³-hybridized carbons (Fsp3) is 0.444. The first-order valence-electron chi connectivity index (χ1n) is 12.6. The maximum Gasteiger partial charge on any atom is 0.266 e. The van der Waals surface area contributed by atoms with E-state index in [4.69, 9.17) is 4.74 Å². The Bertz CT molecular complexity index is 1260. The predicted octanol–water partition coefficient (Wildman–Crippen LogP) is 5.00. The molecule has 2 aliphatic rings. The number of carbonyl (C=O) groups is 1. The molecule has 37 heavy (non-hydrogen) atoms. The van der Waals surface area contributed by atoms with E-state index in [9.17, 15) is 18.0 Å². The summed E-state index contributed by atoms with van der Waals surface area (Å²) in [5.41, 5.74) is 1.83. The van der Waals surface area contributed by atoms with Gasteiger partial charge in [-0.1, -0.05) is 18.2 Å². The van der Waals surface area contributed by atoms with Gasteiger partial charge in [0.15, 0.2) is 0 Å². The number of anilines is 2. The van der Waals surface area contributed by atoms with Crippen LogP contribution in [-0.4, -0.2) is 48.4 Å². The summed E-state index contributed by atoms with van der Waals surface area (Å²) in [6.45, 7) is 4.49. The number of hydrogen-bond acceptors (Lipinski definition) is 6. The molecule has 0 aliphatic carbocycles. The lowest BCUT2D eigenvalue weighted by molar-refractivity contribution is -0.126. The van der Waals surface area contributed by atoms with Gasteiger partial charge in [-0.3, -0.25) is 4.79 Å². The monoisotopic (exact) mass is 513 g/mol. The highest BCUT2D eigenvalue weighted by atomic mass is 19.3. The highest BCUT2D eigenvalue weighted by Crippen LogP contribution is 2.33. The van der Waals surface area contributed by atoms with E-state index in [1.807, 2.05) is 18.2 Å². The summed E-state index contributed by atoms with van der Waals surface area (Å²) in [5.74, 6) is -0.815. The van der Waals surface area contributed by atoms with Gasteiger partial charge in [-0.2, -0.15) is 10.2 Å². The number of rotatable bonds is 7. The Hall–Kier alpha value is -3.40. The molecule has 0 spiro atoms. The average Bonchev–Trinajstić information content (AvgIpc) is 3.41. The van der Waals surface area contributed by atoms with Crippen LogP contribution >= 0.6 is 0 Å². The third-order valence-corrected chi connectivity index (χ3v) is 7.26. The molecule has 1 amide bonds. The Morgan fingerprint density at radius 2 is 1.92 bits per heavy atom. The van der Waals surface area contributed by atoms with E-state index in [2.05, 4.69) is 25.7 Å². The molecule has 2 saturated heterocycles. The zero-order chi connectivity index (χ0) is 25.9. The van der Waals surface area contributed by atoms with E-state index >= 15 is 0 Å². The molecule has 5 rings (SSSR count). The quantitative estimate of drug-likeness (QED) is 0.463. The Morgan fingerprint density at radius 3 is 2.65 bits per heavy atom. The van der Waals surface area contributed by atoms with E-state index in [1.165, 1.54) is 12.1 Å². The lowest BCUT2D eigenvalue weighted by Gasteiger charge is -2.33. The molecular formula is C27H30F3N5O2. The van der Waals surface area contributed by atoms with Gasteiger partial charge < -0.3 is 20.3 Å². The number of hydrogen-bond donors (Lipinski definition) is 2. The van der Waals surface area contributed by atoms with Crippen molar-refractivity contribution in [2.24, 2.45) is 5.92 Å². The van der Waals surface area contributed by atoms with Gasteiger partial charge >= 0.3 is 0 Å². The summed E-state index contributed by atoms with van der Waals surface area (Å²) < 4.78 is 46.4. The van der Waals surface area contributed by atoms with Crippen molar-refractivity contribution in [3.63, 3.8) is 0 Å². The average molecular weight is 514 g/mol. The molecule has 2 atom stereocenters. The van der Waals surface area contributed by atoms with Gasteiger partial charge in [0.05, 0.1) is 41.7 Å². The minimum Gasteiger partial charge on any atom is -0.379 e. The van der Waals surface area contributed by atoms with Gasteiger partial charge in [-0.25, -0.2) is 13.2 Å². The van der Waals surface area contributed by atoms with E-state index in [0.29, 0.717) is 24.4 Å². The molecule has 2 aliphatic heterocycles. The van der Waals surface area contributed by atoms with Crippen LogP contribution in [0.1, 0.15) is 49.8 Å². The Balaban J connectivity index is 1.30. The zero-order valence-corrected chi connectivity index (χ0v) is 20.6. The van der Waals surface area contributed by atoms with Crippen molar-refractivity contribution in [3.05, 3.63) is 59.5 Å². The lowest BCUT2D eigenvalue weighted by atomic mass is 9.95. The van der Waals surface area contributed by atoms with Crippen molar-refractivity contribution in [2.45, 2.75) is 44.7 Å². The number of aromatic nitrogens is 2. The molecule has 0 saturated carbocycles. The first kappa shape index (κ1) is 25.3. The number of fused-ring (bicyclic) bond motifs is 1. The topological polar surface area (TPSA) is 79.4 Å². The molecule has 2 aromatic carbocycles. The predicted molar refractivity (Wildman–Crippen MR) is 135 cm³/mol. The number of nitrogens with one attached hydrogen (secondary N) is 2. The Labute approximate surface area is 213 Å². The largest absolute Gasteiger partial charge is 0.379 e. The minimum atomic E-state index is -2.88. The molecule has 2 N–H and O–H groups in total. The summed E-state index contributed by atoms with van der Waals surface area (Å²) >= 11 is 0. The lowest BCUT2D eigenvalue weighted by Crippen LogP contribution is -2.44. The summed E-state index contributed by atoms with van der Waals surface area (Å²) in [4.78, 5) is 14.9. The number of carbonyl (C=O) groups excluding carboxylic acids is 1. The summed E-state index contributed by atoms with van der Waals surface area (Å²) in [7, 11) is 0. The van der Waals surface area contributed by atoms with E-state index in [-0.39, 0.29) is 23.4 Å². The Morgan fingerprint density at radius 1 is 1.14 bits per heavy atom. The molecule has 0 bridgehead atoms. The van der Waals surface area contributed by atoms with Gasteiger partial charge in [-0.05, 0) is 44.4 Å². The van der Waals surface area contributed by atoms with Gasteiger partial charge in [0.2, 0.25) is 5.91 Å². The third-order valence-electron chi connectivity index (χ3n) is 7.26. The molecular weight excluding hydrogens is 483 g/mol. The van der Waals surface area contributed by atoms with Crippen LogP contribution in [0.25, 0.3) is 10.9 Å². The second-order valence-corrected chi connectivity index (χ2v) is 9.71. The second-order valence-electron chi connectivity index (χ2n) is 9.71. The number of nitrogens with zero attached hydrogens (tertiary/aromatic N) is 3. The standard InChI is InChI=1S/C27H30F3N5O2/c1-16(20-3-2-4-21(25(20)28)26(29)30)32-24-14-31-34-23-6-5-19(13-22(23)24)35-10-7-17(8-11-35)27(36)33-18-9-12-37-15-18/h2-6,13-14,16-18,26H,7-12,15H2,1H3,(H,32,34)(H,33,36)/t16-,18?/m1/s1. The van der Waals surface area contributed by atoms with Crippen LogP contribution in [0.5, 0.6) is 0 Å².